The van der Waals surface area contributed by atoms with E-state index in [-0.39, 0.29) is 17.6 Å². The quantitative estimate of drug-likeness (QED) is 0.579. The number of nitrogens with one attached hydrogen (secondary N) is 1. The second kappa shape index (κ2) is 7.04. The number of nitrogens with zero attached hydrogens (tertiary/aromatic N) is 3. The number of hydrogen-bond acceptors (Lipinski definition) is 7. The Labute approximate surface area is 161 Å². The van der Waals surface area contributed by atoms with Crippen LogP contribution in [0.5, 0.6) is 17.2 Å². The molecule has 3 N–H and O–H groups in total. The minimum atomic E-state index is -0.401. The van der Waals surface area contributed by atoms with E-state index in [2.05, 4.69) is 30.9 Å². The molecule has 0 spiro atoms. The van der Waals surface area contributed by atoms with Crippen LogP contribution in [0.15, 0.2) is 15.3 Å². The van der Waals surface area contributed by atoms with Crippen LogP contribution < -0.4 is 25.6 Å². The molecule has 0 fully saturated rings. The molecule has 0 atom stereocenters. The highest BCUT2D eigenvalue weighted by Crippen LogP contribution is 2.45. The van der Waals surface area contributed by atoms with Crippen LogP contribution in [0.25, 0.3) is 11.2 Å². The maximum absolute atomic E-state index is 12.4. The summed E-state index contributed by atoms with van der Waals surface area (Å²) in [6, 6.07) is 1.74. The smallest absolute Gasteiger partial charge is 0.328 e. The largest absolute Gasteiger partial charge is 0.493 e. The topological polar surface area (TPSA) is 117 Å². The van der Waals surface area contributed by atoms with Gasteiger partial charge in [-0.3, -0.25) is 4.57 Å². The number of H-pyrrole nitrogens is 1. The van der Waals surface area contributed by atoms with E-state index in [1.54, 1.807) is 6.07 Å². The Morgan fingerprint density at radius 2 is 1.92 bits per heavy atom. The van der Waals surface area contributed by atoms with Crippen molar-refractivity contribution in [2.75, 3.05) is 27.1 Å². The average Bonchev–Trinajstić information content (AvgIpc) is 2.92. The first-order chi connectivity index (χ1) is 12.4. The fraction of sp³-hybridized carbons (Fsp3) is 0.267. The van der Waals surface area contributed by atoms with Gasteiger partial charge in [0.1, 0.15) is 5.52 Å². The minimum Gasteiger partial charge on any atom is -0.493 e. The highest BCUT2D eigenvalue weighted by molar-refractivity contribution is 9.10. The van der Waals surface area contributed by atoms with E-state index in [4.69, 9.17) is 31.5 Å². The standard InChI is InChI=1S/C15H15BrClN5O4/c1-24-7-4-6(8(16)11(26-3)10(7)25-2)5-22-13-9(19-15(22)23)12(17)20-14(18)21-13/h4H,5H2,1-3H3,(H,19,23)(H2,18,20,21). The van der Waals surface area contributed by atoms with Gasteiger partial charge in [-0.2, -0.15) is 9.97 Å². The Kier molecular flexibility index (Phi) is 4.97. The van der Waals surface area contributed by atoms with Crippen molar-refractivity contribution in [1.29, 1.82) is 0 Å². The summed E-state index contributed by atoms with van der Waals surface area (Å²) in [5.41, 5.74) is 6.57. The van der Waals surface area contributed by atoms with Crippen molar-refractivity contribution in [3.05, 3.63) is 31.7 Å². The van der Waals surface area contributed by atoms with Crippen LogP contribution in [-0.4, -0.2) is 40.8 Å². The molecule has 3 rings (SSSR count). The summed E-state index contributed by atoms with van der Waals surface area (Å²) in [6.07, 6.45) is 0. The van der Waals surface area contributed by atoms with Gasteiger partial charge in [-0.15, -0.1) is 0 Å². The Morgan fingerprint density at radius 1 is 1.23 bits per heavy atom. The predicted octanol–water partition coefficient (Wildman–Crippen LogP) is 2.19. The van der Waals surface area contributed by atoms with Gasteiger partial charge in [0.15, 0.2) is 22.3 Å². The number of hydrogen-bond donors (Lipinski definition) is 2. The van der Waals surface area contributed by atoms with E-state index < -0.39 is 5.69 Å². The van der Waals surface area contributed by atoms with Crippen LogP contribution in [0.4, 0.5) is 5.95 Å². The van der Waals surface area contributed by atoms with Crippen LogP contribution in [0, 0.1) is 0 Å². The molecule has 0 aliphatic carbocycles. The van der Waals surface area contributed by atoms with E-state index >= 15 is 0 Å². The van der Waals surface area contributed by atoms with Gasteiger partial charge in [0.25, 0.3) is 0 Å². The van der Waals surface area contributed by atoms with E-state index in [0.29, 0.717) is 38.4 Å². The van der Waals surface area contributed by atoms with E-state index in [9.17, 15) is 4.79 Å². The lowest BCUT2D eigenvalue weighted by atomic mass is 10.1. The molecule has 1 aromatic carbocycles. The lowest BCUT2D eigenvalue weighted by molar-refractivity contribution is 0.322. The van der Waals surface area contributed by atoms with Gasteiger partial charge >= 0.3 is 5.69 Å². The predicted molar refractivity (Wildman–Crippen MR) is 100 cm³/mol. The Morgan fingerprint density at radius 3 is 2.54 bits per heavy atom. The van der Waals surface area contributed by atoms with Gasteiger partial charge < -0.3 is 24.9 Å². The molecular formula is C15H15BrClN5O4. The number of anilines is 1. The molecule has 2 heterocycles. The third kappa shape index (κ3) is 2.95. The molecule has 0 bridgehead atoms. The Balaban J connectivity index is 2.20. The molecule has 0 saturated carbocycles. The summed E-state index contributed by atoms with van der Waals surface area (Å²) in [6.45, 7) is 0.156. The van der Waals surface area contributed by atoms with E-state index in [1.165, 1.54) is 25.9 Å². The Bertz CT molecular complexity index is 1050. The zero-order valence-electron chi connectivity index (χ0n) is 14.1. The number of fused-ring (bicyclic) bond motifs is 1. The molecule has 2 aromatic heterocycles. The van der Waals surface area contributed by atoms with Gasteiger partial charge in [-0.05, 0) is 27.6 Å². The third-order valence-electron chi connectivity index (χ3n) is 3.77. The van der Waals surface area contributed by atoms with Crippen LogP contribution >= 0.6 is 27.5 Å². The molecule has 0 saturated heterocycles. The van der Waals surface area contributed by atoms with Crippen molar-refractivity contribution in [3.63, 3.8) is 0 Å². The van der Waals surface area contributed by atoms with Gasteiger partial charge in [-0.25, -0.2) is 4.79 Å². The normalized spacial score (nSPS) is 11.0. The number of halogens is 2. The van der Waals surface area contributed by atoms with Crippen LogP contribution in [0.3, 0.4) is 0 Å². The maximum Gasteiger partial charge on any atom is 0.328 e. The first kappa shape index (κ1) is 18.3. The number of nitrogen functional groups attached to an aromatic ring is 1. The first-order valence-electron chi connectivity index (χ1n) is 7.30. The zero-order valence-corrected chi connectivity index (χ0v) is 16.4. The fourth-order valence-corrected chi connectivity index (χ4v) is 3.42. The number of imidazole rings is 1. The van der Waals surface area contributed by atoms with E-state index in [0.717, 1.165) is 0 Å². The zero-order chi connectivity index (χ0) is 19.0. The SMILES string of the molecule is COc1cc(Cn2c(=O)[nH]c3c(Cl)nc(N)nc32)c(Br)c(OC)c1OC. The van der Waals surface area contributed by atoms with E-state index in [1.807, 2.05) is 0 Å². The molecule has 26 heavy (non-hydrogen) atoms. The first-order valence-corrected chi connectivity index (χ1v) is 8.47. The number of methoxy groups -OCH3 is 3. The van der Waals surface area contributed by atoms with Gasteiger partial charge in [0.05, 0.1) is 32.3 Å². The Hall–Kier alpha value is -2.46. The summed E-state index contributed by atoms with van der Waals surface area (Å²) < 4.78 is 18.1. The summed E-state index contributed by atoms with van der Waals surface area (Å²) in [5, 5.41) is 0.0762. The minimum absolute atomic E-state index is 0.0285. The third-order valence-corrected chi connectivity index (χ3v) is 4.91. The summed E-state index contributed by atoms with van der Waals surface area (Å²) in [4.78, 5) is 23.0. The highest BCUT2D eigenvalue weighted by atomic mass is 79.9. The number of aromatic nitrogens is 4. The molecule has 0 amide bonds. The molecule has 138 valence electrons. The fourth-order valence-electron chi connectivity index (χ4n) is 2.62. The molecule has 11 heteroatoms. The maximum atomic E-state index is 12.4. The molecule has 3 aromatic rings. The summed E-state index contributed by atoms with van der Waals surface area (Å²) in [7, 11) is 4.54. The number of benzene rings is 1. The van der Waals surface area contributed by atoms with Crippen molar-refractivity contribution in [2.45, 2.75) is 6.54 Å². The van der Waals surface area contributed by atoms with Crippen molar-refractivity contribution in [2.24, 2.45) is 0 Å². The number of nitrogens with two attached hydrogens (primary N) is 1. The molecule has 0 aliphatic rings. The molecule has 9 nitrogen and oxygen atoms in total. The highest BCUT2D eigenvalue weighted by Gasteiger charge is 2.21. The van der Waals surface area contributed by atoms with Crippen LogP contribution in [0.1, 0.15) is 5.56 Å². The molecule has 0 radical (unpaired) electrons. The van der Waals surface area contributed by atoms with Gasteiger partial charge in [0.2, 0.25) is 11.7 Å². The summed E-state index contributed by atoms with van der Waals surface area (Å²) in [5.74, 6) is 1.32. The lowest BCUT2D eigenvalue weighted by Gasteiger charge is -2.17. The molecular weight excluding hydrogens is 430 g/mol. The second-order valence-corrected chi connectivity index (χ2v) is 6.36. The lowest BCUT2D eigenvalue weighted by Crippen LogP contribution is -2.18. The van der Waals surface area contributed by atoms with Crippen LogP contribution in [0.2, 0.25) is 5.15 Å². The summed E-state index contributed by atoms with van der Waals surface area (Å²) >= 11 is 9.53. The monoisotopic (exact) mass is 443 g/mol. The molecule has 0 unspecified atom stereocenters. The number of aromatic amines is 1. The number of rotatable bonds is 5. The van der Waals surface area contributed by atoms with Crippen molar-refractivity contribution >= 4 is 44.6 Å². The van der Waals surface area contributed by atoms with Crippen molar-refractivity contribution in [1.82, 2.24) is 19.5 Å². The van der Waals surface area contributed by atoms with Gasteiger partial charge in [0, 0.05) is 0 Å². The van der Waals surface area contributed by atoms with Crippen LogP contribution in [-0.2, 0) is 6.54 Å². The van der Waals surface area contributed by atoms with Gasteiger partial charge in [-0.1, -0.05) is 11.6 Å². The average molecular weight is 445 g/mol. The number of ether oxygens (including phenoxy) is 3. The van der Waals surface area contributed by atoms with Crippen molar-refractivity contribution < 1.29 is 14.2 Å². The second-order valence-electron chi connectivity index (χ2n) is 5.21. The van der Waals surface area contributed by atoms with Crippen molar-refractivity contribution in [3.8, 4) is 17.2 Å². The molecule has 0 aliphatic heterocycles.